The zero-order chi connectivity index (χ0) is 24.8. The van der Waals surface area contributed by atoms with E-state index in [0.717, 1.165) is 6.42 Å². The Labute approximate surface area is 209 Å². The van der Waals surface area contributed by atoms with E-state index in [4.69, 9.17) is 16.3 Å². The predicted octanol–water partition coefficient (Wildman–Crippen LogP) is 3.59. The Morgan fingerprint density at radius 1 is 1.32 bits per heavy atom. The summed E-state index contributed by atoms with van der Waals surface area (Å²) in [6.07, 6.45) is 1.30. The van der Waals surface area contributed by atoms with Gasteiger partial charge >= 0.3 is 5.97 Å². The molecule has 1 spiro atoms. The Bertz CT molecular complexity index is 957. The summed E-state index contributed by atoms with van der Waals surface area (Å²) in [5.41, 5.74) is 0.582. The van der Waals surface area contributed by atoms with Gasteiger partial charge in [-0.3, -0.25) is 14.4 Å². The number of hydrogen-bond acceptors (Lipinski definition) is 6. The van der Waals surface area contributed by atoms with Gasteiger partial charge in [0.15, 0.2) is 0 Å². The van der Waals surface area contributed by atoms with Crippen LogP contribution in [0.1, 0.15) is 40.5 Å². The number of aliphatic hydroxyl groups is 1. The van der Waals surface area contributed by atoms with E-state index in [9.17, 15) is 19.5 Å². The molecule has 9 heteroatoms. The molecule has 4 rings (SSSR count). The lowest BCUT2D eigenvalue weighted by Crippen LogP contribution is -2.57. The number of thioether (sulfide) groups is 1. The van der Waals surface area contributed by atoms with E-state index in [0.29, 0.717) is 17.1 Å². The fourth-order valence-corrected chi connectivity index (χ4v) is 8.74. The third-order valence-electron chi connectivity index (χ3n) is 7.45. The lowest BCUT2D eigenvalue weighted by Gasteiger charge is -2.40. The molecular formula is C25H33ClN2O5S. The van der Waals surface area contributed by atoms with Crippen molar-refractivity contribution in [2.24, 2.45) is 23.7 Å². The Hall–Kier alpha value is -1.77. The van der Waals surface area contributed by atoms with Crippen LogP contribution in [0.3, 0.4) is 0 Å². The lowest BCUT2D eigenvalue weighted by molar-refractivity contribution is -0.154. The van der Waals surface area contributed by atoms with Crippen LogP contribution >= 0.6 is 23.4 Å². The number of carbonyl (C=O) groups is 3. The molecule has 0 aliphatic carbocycles. The molecule has 3 fully saturated rings. The highest BCUT2D eigenvalue weighted by Gasteiger charge is 2.76. The maximum absolute atomic E-state index is 14.0. The van der Waals surface area contributed by atoms with E-state index in [1.54, 1.807) is 47.9 Å². The molecule has 2 bridgehead atoms. The van der Waals surface area contributed by atoms with Crippen molar-refractivity contribution in [3.63, 3.8) is 0 Å². The van der Waals surface area contributed by atoms with Gasteiger partial charge in [0.25, 0.3) is 0 Å². The zero-order valence-corrected chi connectivity index (χ0v) is 21.6. The summed E-state index contributed by atoms with van der Waals surface area (Å²) >= 11 is 7.60. The van der Waals surface area contributed by atoms with E-state index in [1.165, 1.54) is 0 Å². The van der Waals surface area contributed by atoms with Crippen LogP contribution in [-0.2, 0) is 19.1 Å². The number of nitrogens with one attached hydrogen (secondary N) is 1. The van der Waals surface area contributed by atoms with Gasteiger partial charge in [-0.25, -0.2) is 0 Å². The minimum Gasteiger partial charge on any atom is -0.466 e. The van der Waals surface area contributed by atoms with E-state index in [1.807, 2.05) is 13.8 Å². The van der Waals surface area contributed by atoms with Gasteiger partial charge in [-0.05, 0) is 55.9 Å². The first-order valence-corrected chi connectivity index (χ1v) is 13.2. The van der Waals surface area contributed by atoms with Crippen molar-refractivity contribution in [1.82, 2.24) is 4.90 Å². The van der Waals surface area contributed by atoms with E-state index in [2.05, 4.69) is 12.2 Å². The number of ether oxygens (including phenoxy) is 1. The van der Waals surface area contributed by atoms with Crippen LogP contribution in [0.25, 0.3) is 0 Å². The largest absolute Gasteiger partial charge is 0.466 e. The number of likely N-dealkylation sites (tertiary alicyclic amines) is 1. The number of fused-ring (bicyclic) bond motifs is 1. The van der Waals surface area contributed by atoms with Crippen LogP contribution < -0.4 is 5.32 Å². The number of anilines is 1. The molecule has 7 nitrogen and oxygen atoms in total. The monoisotopic (exact) mass is 508 g/mol. The molecule has 186 valence electrons. The number of hydrogen-bond donors (Lipinski definition) is 2. The first-order valence-electron chi connectivity index (χ1n) is 12.0. The van der Waals surface area contributed by atoms with Crippen molar-refractivity contribution in [3.05, 3.63) is 29.3 Å². The Kier molecular flexibility index (Phi) is 7.23. The van der Waals surface area contributed by atoms with Crippen molar-refractivity contribution < 1.29 is 24.2 Å². The second-order valence-electron chi connectivity index (χ2n) is 10.0. The number of rotatable bonds is 8. The third kappa shape index (κ3) is 4.01. The number of benzene rings is 1. The van der Waals surface area contributed by atoms with E-state index in [-0.39, 0.29) is 48.1 Å². The molecule has 7 atom stereocenters. The highest BCUT2D eigenvalue weighted by atomic mass is 35.5. The highest BCUT2D eigenvalue weighted by Crippen LogP contribution is 2.69. The van der Waals surface area contributed by atoms with Gasteiger partial charge in [-0.1, -0.05) is 32.4 Å². The third-order valence-corrected chi connectivity index (χ3v) is 9.78. The van der Waals surface area contributed by atoms with E-state index < -0.39 is 28.7 Å². The standard InChI is InChI=1S/C25H33ClN2O5S/c1-5-33-24(32)19-18-11-14(4)25(34-18)20(19)23(31)28(17(12-29)10-13(2)3)21(25)22(30)27-16-8-6-15(26)7-9-16/h6-9,13-14,17-21,29H,5,10-12H2,1-4H3,(H,27,30)/t14?,17-,18+,19-,20+,21?,25?/m1/s1. The molecule has 2 amide bonds. The Morgan fingerprint density at radius 3 is 2.59 bits per heavy atom. The number of aliphatic hydroxyl groups excluding tert-OH is 1. The number of nitrogens with zero attached hydrogens (tertiary/aromatic N) is 1. The molecule has 3 aliphatic rings. The van der Waals surface area contributed by atoms with Crippen LogP contribution in [0, 0.1) is 23.7 Å². The molecule has 2 N–H and O–H groups in total. The minimum atomic E-state index is -0.805. The first-order chi connectivity index (χ1) is 16.1. The quantitative estimate of drug-likeness (QED) is 0.521. The number of halogens is 1. The molecule has 0 radical (unpaired) electrons. The van der Waals surface area contributed by atoms with Gasteiger partial charge < -0.3 is 20.1 Å². The van der Waals surface area contributed by atoms with Crippen LogP contribution in [0.4, 0.5) is 5.69 Å². The Balaban J connectivity index is 1.77. The van der Waals surface area contributed by atoms with Crippen LogP contribution in [0.5, 0.6) is 0 Å². The average Bonchev–Trinajstić information content (AvgIpc) is 3.37. The summed E-state index contributed by atoms with van der Waals surface area (Å²) < 4.78 is 4.62. The summed E-state index contributed by atoms with van der Waals surface area (Å²) in [4.78, 5) is 42.5. The van der Waals surface area contributed by atoms with Crippen molar-refractivity contribution in [2.75, 3.05) is 18.5 Å². The molecule has 3 saturated heterocycles. The minimum absolute atomic E-state index is 0.0477. The Morgan fingerprint density at radius 2 is 2.00 bits per heavy atom. The maximum atomic E-state index is 14.0. The van der Waals surface area contributed by atoms with Gasteiger partial charge in [0.1, 0.15) is 6.04 Å². The summed E-state index contributed by atoms with van der Waals surface area (Å²) in [6, 6.07) is 5.52. The lowest BCUT2D eigenvalue weighted by atomic mass is 9.66. The SMILES string of the molecule is CCOC(=O)[C@@H]1[C@@H]2CC(C)C3(S2)C(C(=O)Nc2ccc(Cl)cc2)N([C@@H](CO)CC(C)C)C(=O)[C@H]13. The molecule has 0 saturated carbocycles. The molecule has 1 aromatic rings. The fourth-order valence-electron chi connectivity index (χ4n) is 6.22. The number of esters is 1. The van der Waals surface area contributed by atoms with Gasteiger partial charge in [-0.2, -0.15) is 0 Å². The number of amides is 2. The van der Waals surface area contributed by atoms with Crippen molar-refractivity contribution >= 4 is 46.8 Å². The normalized spacial score (nSPS) is 32.7. The van der Waals surface area contributed by atoms with Gasteiger partial charge in [-0.15, -0.1) is 11.8 Å². The van der Waals surface area contributed by atoms with E-state index >= 15 is 0 Å². The fraction of sp³-hybridized carbons (Fsp3) is 0.640. The van der Waals surface area contributed by atoms with Crippen LogP contribution in [0.15, 0.2) is 24.3 Å². The van der Waals surface area contributed by atoms with Crippen LogP contribution in [-0.4, -0.2) is 63.1 Å². The van der Waals surface area contributed by atoms with Gasteiger partial charge in [0, 0.05) is 16.0 Å². The molecule has 3 unspecified atom stereocenters. The van der Waals surface area contributed by atoms with Crippen molar-refractivity contribution in [3.8, 4) is 0 Å². The van der Waals surface area contributed by atoms with Crippen molar-refractivity contribution in [2.45, 2.75) is 62.6 Å². The smallest absolute Gasteiger partial charge is 0.310 e. The molecular weight excluding hydrogens is 476 g/mol. The molecule has 1 aromatic carbocycles. The first kappa shape index (κ1) is 25.3. The van der Waals surface area contributed by atoms with Crippen LogP contribution in [0.2, 0.25) is 5.02 Å². The topological polar surface area (TPSA) is 95.9 Å². The number of carbonyl (C=O) groups excluding carboxylic acids is 3. The van der Waals surface area contributed by atoms with Gasteiger partial charge in [0.2, 0.25) is 11.8 Å². The van der Waals surface area contributed by atoms with Gasteiger partial charge in [0.05, 0.1) is 35.8 Å². The summed E-state index contributed by atoms with van der Waals surface area (Å²) in [7, 11) is 0. The average molecular weight is 509 g/mol. The molecule has 0 aromatic heterocycles. The summed E-state index contributed by atoms with van der Waals surface area (Å²) in [5.74, 6) is -1.86. The second kappa shape index (κ2) is 9.70. The summed E-state index contributed by atoms with van der Waals surface area (Å²) in [5, 5.41) is 13.8. The molecule has 34 heavy (non-hydrogen) atoms. The maximum Gasteiger partial charge on any atom is 0.310 e. The second-order valence-corrected chi connectivity index (χ2v) is 12.0. The van der Waals surface area contributed by atoms with Crippen molar-refractivity contribution in [1.29, 1.82) is 0 Å². The zero-order valence-electron chi connectivity index (χ0n) is 20.0. The molecule has 3 heterocycles. The predicted molar refractivity (Wildman–Crippen MR) is 133 cm³/mol. The highest BCUT2D eigenvalue weighted by molar-refractivity contribution is 8.02. The summed E-state index contributed by atoms with van der Waals surface area (Å²) in [6.45, 7) is 7.87. The molecule has 3 aliphatic heterocycles.